The number of phenolic OH excluding ortho intramolecular Hbond substituents is 2. The Labute approximate surface area is 351 Å². The second kappa shape index (κ2) is 17.1. The number of fused-ring (bicyclic) bond motifs is 2. The van der Waals surface area contributed by atoms with Crippen LogP contribution >= 0.6 is 0 Å². The largest absolute Gasteiger partial charge is 2.00 e. The van der Waals surface area contributed by atoms with Crippen molar-refractivity contribution in [1.82, 2.24) is 0 Å². The molecular formula is C34H24BaN6O12S2. The second-order valence-corrected chi connectivity index (χ2v) is 14.2. The molecule has 0 bridgehead atoms. The van der Waals surface area contributed by atoms with E-state index in [4.69, 9.17) is 0 Å². The van der Waals surface area contributed by atoms with Crippen molar-refractivity contribution >= 4 is 125 Å². The molecule has 0 aromatic heterocycles. The first-order valence-corrected chi connectivity index (χ1v) is 17.9. The first-order chi connectivity index (χ1) is 25.3. The second-order valence-electron chi connectivity index (χ2n) is 11.4. The van der Waals surface area contributed by atoms with Crippen molar-refractivity contribution in [2.75, 3.05) is 0 Å². The van der Waals surface area contributed by atoms with Crippen molar-refractivity contribution in [2.45, 2.75) is 23.6 Å². The molecule has 0 aliphatic rings. The van der Waals surface area contributed by atoms with Gasteiger partial charge in [0.05, 0.1) is 31.0 Å². The number of hydrogen-bond acceptors (Lipinski definition) is 16. The zero-order valence-electron chi connectivity index (χ0n) is 28.4. The van der Waals surface area contributed by atoms with Gasteiger partial charge in [-0.15, -0.1) is 20.5 Å². The van der Waals surface area contributed by atoms with Gasteiger partial charge in [-0.1, -0.05) is 36.4 Å². The molecule has 55 heavy (non-hydrogen) atoms. The average Bonchev–Trinajstić information content (AvgIpc) is 3.11. The molecule has 0 fully saturated rings. The average molecular weight is 910 g/mol. The predicted molar refractivity (Wildman–Crippen MR) is 197 cm³/mol. The third-order valence-electron chi connectivity index (χ3n) is 7.79. The van der Waals surface area contributed by atoms with E-state index < -0.39 is 39.9 Å². The van der Waals surface area contributed by atoms with E-state index in [0.717, 1.165) is 24.3 Å². The van der Waals surface area contributed by atoms with E-state index in [1.807, 2.05) is 0 Å². The summed E-state index contributed by atoms with van der Waals surface area (Å²) in [7, 11) is -9.38. The van der Waals surface area contributed by atoms with Gasteiger partial charge in [0, 0.05) is 35.0 Å². The molecule has 2 N–H and O–H groups in total. The van der Waals surface area contributed by atoms with Crippen molar-refractivity contribution < 1.29 is 46.0 Å². The van der Waals surface area contributed by atoms with Gasteiger partial charge in [-0.3, -0.25) is 20.2 Å². The van der Waals surface area contributed by atoms with Crippen molar-refractivity contribution in [1.29, 1.82) is 0 Å². The molecule has 0 unspecified atom stereocenters. The summed E-state index contributed by atoms with van der Waals surface area (Å²) >= 11 is 0. The molecule has 0 spiro atoms. The maximum Gasteiger partial charge on any atom is 2.00 e. The molecule has 0 aliphatic carbocycles. The minimum absolute atomic E-state index is 0. The van der Waals surface area contributed by atoms with E-state index in [1.54, 1.807) is 13.8 Å². The molecule has 6 rings (SSSR count). The number of benzene rings is 6. The summed E-state index contributed by atoms with van der Waals surface area (Å²) in [4.78, 5) is 19.7. The van der Waals surface area contributed by atoms with Crippen LogP contribution in [0.25, 0.3) is 21.5 Å². The van der Waals surface area contributed by atoms with Crippen LogP contribution in [0.4, 0.5) is 34.1 Å². The fourth-order valence-electron chi connectivity index (χ4n) is 4.91. The molecule has 0 heterocycles. The Morgan fingerprint density at radius 1 is 0.527 bits per heavy atom. The maximum absolute atomic E-state index is 11.3. The van der Waals surface area contributed by atoms with Crippen LogP contribution in [-0.2, 0) is 20.2 Å². The SMILES string of the molecule is Cc1ccc([N+](=O)[O-])cc1N=Nc1c(O)ccc2ccc(S(=O)(=O)[O-])cc12.Cc1ccc([N+](=O)[O-])cc1N=Nc1c(O)ccc2ccc(S(=O)(=O)[O-])cc12.[Ba+2]. The number of nitro benzene ring substituents is 2. The van der Waals surface area contributed by atoms with Crippen molar-refractivity contribution in [3.8, 4) is 11.5 Å². The number of aryl methyl sites for hydroxylation is 2. The molecule has 0 aliphatic heterocycles. The molecule has 0 saturated carbocycles. The number of aromatic hydroxyl groups is 2. The minimum Gasteiger partial charge on any atom is -0.744 e. The molecule has 0 saturated heterocycles. The topological polar surface area (TPSA) is 291 Å². The van der Waals surface area contributed by atoms with Crippen LogP contribution < -0.4 is 0 Å². The van der Waals surface area contributed by atoms with Gasteiger partial charge in [-0.25, -0.2) is 16.8 Å². The zero-order valence-corrected chi connectivity index (χ0v) is 34.5. The maximum atomic E-state index is 11.3. The van der Waals surface area contributed by atoms with E-state index >= 15 is 0 Å². The van der Waals surface area contributed by atoms with Crippen LogP contribution in [0.3, 0.4) is 0 Å². The number of non-ortho nitro benzene ring substituents is 2. The molecular weight excluding hydrogens is 886 g/mol. The summed E-state index contributed by atoms with van der Waals surface area (Å²) in [6.45, 7) is 3.37. The van der Waals surface area contributed by atoms with Gasteiger partial charge in [0.2, 0.25) is 0 Å². The van der Waals surface area contributed by atoms with Crippen LogP contribution in [-0.4, -0.2) is 94.9 Å². The number of nitrogens with zero attached hydrogens (tertiary/aromatic N) is 6. The van der Waals surface area contributed by atoms with Crippen molar-refractivity contribution in [2.24, 2.45) is 20.5 Å². The standard InChI is InChI=1S/2C17H13N3O6S.Ba/c2*1-10-2-5-12(20(22)23)8-15(10)18-19-17-14-9-13(27(24,25)26)6-3-11(14)4-7-16(17)21;/h2*2-9,21H,1H3,(H,24,25,26);/q;;+2/p-2. The summed E-state index contributed by atoms with van der Waals surface area (Å²) in [6, 6.07) is 21.3. The summed E-state index contributed by atoms with van der Waals surface area (Å²) in [6.07, 6.45) is 0. The van der Waals surface area contributed by atoms with Crippen LogP contribution in [0, 0.1) is 34.1 Å². The molecule has 6 aromatic rings. The Bertz CT molecular complexity index is 2610. The Hall–Kier alpha value is -5.17. The van der Waals surface area contributed by atoms with Gasteiger partial charge >= 0.3 is 48.9 Å². The Balaban J connectivity index is 0.000000240. The Morgan fingerprint density at radius 2 is 0.873 bits per heavy atom. The van der Waals surface area contributed by atoms with Gasteiger partial charge in [0.1, 0.15) is 43.1 Å². The first kappa shape index (κ1) is 42.6. The van der Waals surface area contributed by atoms with Crippen LogP contribution in [0.5, 0.6) is 11.5 Å². The van der Waals surface area contributed by atoms with Gasteiger partial charge in [0.15, 0.2) is 0 Å². The van der Waals surface area contributed by atoms with Gasteiger partial charge in [-0.2, -0.15) is 0 Å². The van der Waals surface area contributed by atoms with Gasteiger partial charge in [0.25, 0.3) is 11.4 Å². The number of azo groups is 2. The van der Waals surface area contributed by atoms with E-state index in [9.17, 15) is 56.4 Å². The predicted octanol–water partition coefficient (Wildman–Crippen LogP) is 7.78. The monoisotopic (exact) mass is 910 g/mol. The summed E-state index contributed by atoms with van der Waals surface area (Å²) in [5.74, 6) is -0.565. The van der Waals surface area contributed by atoms with E-state index in [2.05, 4.69) is 20.5 Å². The third-order valence-corrected chi connectivity index (χ3v) is 9.45. The molecule has 18 nitrogen and oxygen atoms in total. The van der Waals surface area contributed by atoms with Crippen LogP contribution in [0.15, 0.2) is 127 Å². The summed E-state index contributed by atoms with van der Waals surface area (Å²) in [5, 5.41) is 59.3. The van der Waals surface area contributed by atoms with E-state index in [0.29, 0.717) is 21.9 Å². The van der Waals surface area contributed by atoms with Crippen molar-refractivity contribution in [3.63, 3.8) is 0 Å². The fraction of sp³-hybridized carbons (Fsp3) is 0.0588. The summed E-state index contributed by atoms with van der Waals surface area (Å²) in [5.41, 5.74) is 1.22. The molecule has 21 heteroatoms. The van der Waals surface area contributed by atoms with Crippen LogP contribution in [0.1, 0.15) is 11.1 Å². The van der Waals surface area contributed by atoms with E-state index in [-0.39, 0.29) is 105 Å². The summed E-state index contributed by atoms with van der Waals surface area (Å²) < 4.78 is 67.6. The minimum atomic E-state index is -4.69. The molecule has 6 aromatic carbocycles. The number of rotatable bonds is 8. The Morgan fingerprint density at radius 3 is 1.20 bits per heavy atom. The quantitative estimate of drug-likeness (QED) is 0.0486. The fourth-order valence-corrected chi connectivity index (χ4v) is 5.90. The van der Waals surface area contributed by atoms with Crippen molar-refractivity contribution in [3.05, 3.63) is 128 Å². The molecule has 0 atom stereocenters. The van der Waals surface area contributed by atoms with E-state index in [1.165, 1.54) is 72.8 Å². The number of hydrogen-bond donors (Lipinski definition) is 2. The molecule has 0 radical (unpaired) electrons. The zero-order chi connectivity index (χ0) is 39.5. The Kier molecular flexibility index (Phi) is 13.2. The smallest absolute Gasteiger partial charge is 0.744 e. The molecule has 276 valence electrons. The normalized spacial score (nSPS) is 11.7. The number of nitro groups is 2. The number of phenols is 2. The van der Waals surface area contributed by atoms with Gasteiger partial charge < -0.3 is 19.3 Å². The third kappa shape index (κ3) is 10.1. The molecule has 0 amide bonds. The van der Waals surface area contributed by atoms with Gasteiger partial charge in [-0.05, 0) is 72.1 Å². The van der Waals surface area contributed by atoms with Crippen LogP contribution in [0.2, 0.25) is 0 Å². The first-order valence-electron chi connectivity index (χ1n) is 15.1.